The summed E-state index contributed by atoms with van der Waals surface area (Å²) in [6.07, 6.45) is 6.77. The molecule has 1 saturated heterocycles. The lowest BCUT2D eigenvalue weighted by molar-refractivity contribution is 0.0341. The molecular weight excluding hydrogens is 426 g/mol. The van der Waals surface area contributed by atoms with Crippen molar-refractivity contribution in [3.05, 3.63) is 71.3 Å². The minimum Gasteiger partial charge on any atom is -0.379 e. The number of hydrogen-bond donors (Lipinski definition) is 2. The van der Waals surface area contributed by atoms with E-state index in [0.29, 0.717) is 47.8 Å². The molecule has 0 atom stereocenters. The van der Waals surface area contributed by atoms with Crippen molar-refractivity contribution in [3.63, 3.8) is 0 Å². The normalized spacial score (nSPS) is 14.0. The van der Waals surface area contributed by atoms with Crippen LogP contribution in [-0.2, 0) is 11.3 Å². The number of aromatic nitrogens is 3. The number of pyridine rings is 2. The Morgan fingerprint density at radius 1 is 1.09 bits per heavy atom. The van der Waals surface area contributed by atoms with E-state index in [1.807, 2.05) is 37.4 Å². The van der Waals surface area contributed by atoms with Gasteiger partial charge in [-0.25, -0.2) is 0 Å². The lowest BCUT2D eigenvalue weighted by atomic mass is 10.0. The van der Waals surface area contributed by atoms with E-state index < -0.39 is 0 Å². The summed E-state index contributed by atoms with van der Waals surface area (Å²) in [7, 11) is 0. The fourth-order valence-corrected chi connectivity index (χ4v) is 4.30. The van der Waals surface area contributed by atoms with Gasteiger partial charge >= 0.3 is 0 Å². The minimum absolute atomic E-state index is 0.423. The Kier molecular flexibility index (Phi) is 5.92. The van der Waals surface area contributed by atoms with E-state index >= 15 is 0 Å². The molecule has 4 aromatic rings. The molecule has 168 valence electrons. The highest BCUT2D eigenvalue weighted by atomic mass is 16.5. The maximum absolute atomic E-state index is 9.81. The predicted molar refractivity (Wildman–Crippen MR) is 129 cm³/mol. The number of anilines is 2. The number of ether oxygens (including phenoxy) is 1. The molecule has 0 spiro atoms. The van der Waals surface area contributed by atoms with Crippen LogP contribution in [0.25, 0.3) is 22.2 Å². The number of nitriles is 2. The zero-order valence-corrected chi connectivity index (χ0v) is 18.8. The first kappa shape index (κ1) is 21.6. The highest BCUT2D eigenvalue weighted by Crippen LogP contribution is 2.35. The predicted octanol–water partition coefficient (Wildman–Crippen LogP) is 4.25. The number of nitrogens with one attached hydrogen (secondary N) is 2. The molecule has 3 aromatic heterocycles. The third-order valence-electron chi connectivity index (χ3n) is 6.21. The third kappa shape index (κ3) is 4.08. The molecule has 0 amide bonds. The summed E-state index contributed by atoms with van der Waals surface area (Å²) in [6, 6.07) is 12.5. The summed E-state index contributed by atoms with van der Waals surface area (Å²) in [5, 5.41) is 24.0. The molecule has 1 aliphatic rings. The van der Waals surface area contributed by atoms with Gasteiger partial charge in [0.05, 0.1) is 35.7 Å². The van der Waals surface area contributed by atoms with Crippen molar-refractivity contribution in [3.8, 4) is 23.4 Å². The quantitative estimate of drug-likeness (QED) is 0.468. The van der Waals surface area contributed by atoms with Gasteiger partial charge in [-0.1, -0.05) is 0 Å². The molecule has 0 unspecified atom stereocenters. The second-order valence-corrected chi connectivity index (χ2v) is 8.25. The summed E-state index contributed by atoms with van der Waals surface area (Å²) < 4.78 is 5.45. The third-order valence-corrected chi connectivity index (χ3v) is 6.21. The van der Waals surface area contributed by atoms with Crippen molar-refractivity contribution in [1.29, 1.82) is 10.5 Å². The standard InChI is InChI=1S/C26H23N7O/c1-17-21-4-5-30-24(21)3-2-23(17)32-26-20(12-28)13-29-15-22(26)25-10-18(19(11-27)14-31-25)16-33-6-8-34-9-7-33/h2-5,10,13-15,30H,6-9,16H2,1H3,(H,29,32). The van der Waals surface area contributed by atoms with Crippen molar-refractivity contribution in [1.82, 2.24) is 19.9 Å². The molecule has 4 heterocycles. The molecule has 8 nitrogen and oxygen atoms in total. The number of fused-ring (bicyclic) bond motifs is 1. The Labute approximate surface area is 197 Å². The van der Waals surface area contributed by atoms with Crippen molar-refractivity contribution in [2.24, 2.45) is 0 Å². The summed E-state index contributed by atoms with van der Waals surface area (Å²) >= 11 is 0. The summed E-state index contributed by atoms with van der Waals surface area (Å²) in [5.74, 6) is 0. The van der Waals surface area contributed by atoms with E-state index in [1.165, 1.54) is 0 Å². The maximum atomic E-state index is 9.81. The van der Waals surface area contributed by atoms with E-state index in [2.05, 4.69) is 37.3 Å². The number of rotatable bonds is 5. The van der Waals surface area contributed by atoms with Crippen molar-refractivity contribution >= 4 is 22.3 Å². The number of aromatic amines is 1. The molecule has 0 aliphatic carbocycles. The van der Waals surface area contributed by atoms with Crippen molar-refractivity contribution < 1.29 is 4.74 Å². The first-order valence-electron chi connectivity index (χ1n) is 11.1. The van der Waals surface area contributed by atoms with Crippen LogP contribution in [0, 0.1) is 29.6 Å². The van der Waals surface area contributed by atoms with Crippen LogP contribution in [0.1, 0.15) is 22.3 Å². The minimum atomic E-state index is 0.423. The van der Waals surface area contributed by atoms with E-state index in [1.54, 1.807) is 18.6 Å². The monoisotopic (exact) mass is 449 g/mol. The van der Waals surface area contributed by atoms with Crippen LogP contribution in [-0.4, -0.2) is 46.2 Å². The fourth-order valence-electron chi connectivity index (χ4n) is 4.30. The van der Waals surface area contributed by atoms with Crippen LogP contribution in [0.15, 0.2) is 49.1 Å². The SMILES string of the molecule is Cc1c(Nc2c(C#N)cncc2-c2cc(CN3CCOCC3)c(C#N)cn2)ccc2[nH]ccc12. The van der Waals surface area contributed by atoms with E-state index in [9.17, 15) is 10.5 Å². The van der Waals surface area contributed by atoms with Crippen LogP contribution < -0.4 is 5.32 Å². The molecule has 0 saturated carbocycles. The van der Waals surface area contributed by atoms with Gasteiger partial charge < -0.3 is 15.0 Å². The van der Waals surface area contributed by atoms with Gasteiger partial charge in [0.1, 0.15) is 12.1 Å². The molecule has 1 fully saturated rings. The van der Waals surface area contributed by atoms with Crippen LogP contribution in [0.5, 0.6) is 0 Å². The molecule has 1 aliphatic heterocycles. The lowest BCUT2D eigenvalue weighted by Crippen LogP contribution is -2.35. The molecule has 0 bridgehead atoms. The van der Waals surface area contributed by atoms with Crippen molar-refractivity contribution in [2.45, 2.75) is 13.5 Å². The average molecular weight is 450 g/mol. The zero-order valence-electron chi connectivity index (χ0n) is 18.8. The first-order valence-corrected chi connectivity index (χ1v) is 11.1. The maximum Gasteiger partial charge on any atom is 0.103 e. The summed E-state index contributed by atoms with van der Waals surface area (Å²) in [6.45, 7) is 5.70. The number of hydrogen-bond acceptors (Lipinski definition) is 7. The second kappa shape index (κ2) is 9.32. The molecular formula is C26H23N7O. The second-order valence-electron chi connectivity index (χ2n) is 8.25. The topological polar surface area (TPSA) is 114 Å². The van der Waals surface area contributed by atoms with Crippen LogP contribution in [0.2, 0.25) is 0 Å². The van der Waals surface area contributed by atoms with E-state index in [-0.39, 0.29) is 0 Å². The Bertz CT molecular complexity index is 1440. The molecule has 1 aromatic carbocycles. The van der Waals surface area contributed by atoms with Gasteiger partial charge in [-0.2, -0.15) is 10.5 Å². The largest absolute Gasteiger partial charge is 0.379 e. The molecule has 0 radical (unpaired) electrons. The highest BCUT2D eigenvalue weighted by Gasteiger charge is 2.18. The molecule has 5 rings (SSSR count). The number of morpholine rings is 1. The van der Waals surface area contributed by atoms with Gasteiger partial charge in [-0.3, -0.25) is 14.9 Å². The van der Waals surface area contributed by atoms with Gasteiger partial charge in [-0.05, 0) is 42.3 Å². The number of nitrogens with zero attached hydrogens (tertiary/aromatic N) is 5. The van der Waals surface area contributed by atoms with Gasteiger partial charge in [0, 0.05) is 66.6 Å². The van der Waals surface area contributed by atoms with Gasteiger partial charge in [0.2, 0.25) is 0 Å². The fraction of sp³-hybridized carbons (Fsp3) is 0.231. The Morgan fingerprint density at radius 3 is 2.71 bits per heavy atom. The number of benzene rings is 1. The number of H-pyrrole nitrogens is 1. The van der Waals surface area contributed by atoms with Crippen LogP contribution in [0.3, 0.4) is 0 Å². The van der Waals surface area contributed by atoms with Gasteiger partial charge in [-0.15, -0.1) is 0 Å². The Hall–Kier alpha value is -4.24. The zero-order chi connectivity index (χ0) is 23.5. The molecule has 2 N–H and O–H groups in total. The highest BCUT2D eigenvalue weighted by molar-refractivity contribution is 5.91. The molecule has 34 heavy (non-hydrogen) atoms. The number of aryl methyl sites for hydroxylation is 1. The van der Waals surface area contributed by atoms with E-state index in [4.69, 9.17) is 4.74 Å². The van der Waals surface area contributed by atoms with Crippen LogP contribution >= 0.6 is 0 Å². The van der Waals surface area contributed by atoms with E-state index in [0.717, 1.165) is 40.8 Å². The van der Waals surface area contributed by atoms with Crippen LogP contribution in [0.4, 0.5) is 11.4 Å². The Morgan fingerprint density at radius 2 is 1.91 bits per heavy atom. The summed E-state index contributed by atoms with van der Waals surface area (Å²) in [5.41, 5.74) is 6.91. The first-order chi connectivity index (χ1) is 16.7. The lowest BCUT2D eigenvalue weighted by Gasteiger charge is -2.27. The molecule has 8 heteroatoms. The van der Waals surface area contributed by atoms with Gasteiger partial charge in [0.15, 0.2) is 0 Å². The van der Waals surface area contributed by atoms with Gasteiger partial charge in [0.25, 0.3) is 0 Å². The van der Waals surface area contributed by atoms with Crippen molar-refractivity contribution in [2.75, 3.05) is 31.6 Å². The Balaban J connectivity index is 1.56. The average Bonchev–Trinajstić information content (AvgIpc) is 3.36. The smallest absolute Gasteiger partial charge is 0.103 e. The summed E-state index contributed by atoms with van der Waals surface area (Å²) in [4.78, 5) is 14.3.